The molecule has 1 heterocycles. The molecule has 0 aliphatic carbocycles. The summed E-state index contributed by atoms with van der Waals surface area (Å²) < 4.78 is 53.5. The maximum atomic E-state index is 14.3. The van der Waals surface area contributed by atoms with Crippen LogP contribution in [0.25, 0.3) is 22.2 Å². The minimum atomic E-state index is -3.65. The molecule has 0 unspecified atom stereocenters. The summed E-state index contributed by atoms with van der Waals surface area (Å²) in [6, 6.07) is 13.7. The van der Waals surface area contributed by atoms with Crippen LogP contribution in [0.5, 0.6) is 0 Å². The average Bonchev–Trinajstić information content (AvgIpc) is 2.71. The molecule has 0 fully saturated rings. The van der Waals surface area contributed by atoms with E-state index in [0.717, 1.165) is 18.4 Å². The highest BCUT2D eigenvalue weighted by atomic mass is 35.5. The van der Waals surface area contributed by atoms with Crippen molar-refractivity contribution < 1.29 is 17.2 Å². The zero-order valence-corrected chi connectivity index (χ0v) is 17.7. The van der Waals surface area contributed by atoms with Crippen molar-refractivity contribution in [3.63, 3.8) is 0 Å². The fourth-order valence-corrected chi connectivity index (χ4v) is 4.41. The fourth-order valence-electron chi connectivity index (χ4n) is 3.35. The van der Waals surface area contributed by atoms with E-state index in [1.54, 1.807) is 12.1 Å². The quantitative estimate of drug-likeness (QED) is 0.451. The minimum absolute atomic E-state index is 0.0487. The molecule has 0 saturated heterocycles. The summed E-state index contributed by atoms with van der Waals surface area (Å²) in [5, 5.41) is 4.94. The van der Waals surface area contributed by atoms with Crippen LogP contribution in [0.4, 0.5) is 8.78 Å². The standard InChI is InChI=1S/C22H15ClF2N2O3S/c1-31(29,30)20-5-3-2-4-17(20)21-22(28)16-9-7-14(23)10-19(16)27(26-21)12-13-6-8-15(24)11-18(13)25/h2-11H,12H2,1H3. The van der Waals surface area contributed by atoms with E-state index in [0.29, 0.717) is 10.5 Å². The molecule has 5 nitrogen and oxygen atoms in total. The number of sulfone groups is 1. The monoisotopic (exact) mass is 460 g/mol. The number of hydrogen-bond acceptors (Lipinski definition) is 4. The Kier molecular flexibility index (Phi) is 5.36. The van der Waals surface area contributed by atoms with Crippen molar-refractivity contribution in [1.82, 2.24) is 9.78 Å². The first kappa shape index (κ1) is 21.1. The molecule has 0 amide bonds. The van der Waals surface area contributed by atoms with Gasteiger partial charge in [0.25, 0.3) is 0 Å². The Morgan fingerprint density at radius 1 is 1.03 bits per heavy atom. The van der Waals surface area contributed by atoms with Crippen LogP contribution >= 0.6 is 11.6 Å². The summed E-state index contributed by atoms with van der Waals surface area (Å²) in [7, 11) is -3.65. The molecule has 0 N–H and O–H groups in total. The summed E-state index contributed by atoms with van der Waals surface area (Å²) in [5.74, 6) is -1.49. The van der Waals surface area contributed by atoms with Crippen LogP contribution < -0.4 is 5.43 Å². The molecule has 4 aromatic rings. The molecule has 0 bridgehead atoms. The van der Waals surface area contributed by atoms with Crippen LogP contribution in [0.3, 0.4) is 0 Å². The van der Waals surface area contributed by atoms with Gasteiger partial charge in [0.2, 0.25) is 5.43 Å². The lowest BCUT2D eigenvalue weighted by Crippen LogP contribution is -2.18. The number of aromatic nitrogens is 2. The van der Waals surface area contributed by atoms with Crippen molar-refractivity contribution >= 4 is 32.3 Å². The zero-order valence-electron chi connectivity index (χ0n) is 16.1. The van der Waals surface area contributed by atoms with E-state index in [4.69, 9.17) is 11.6 Å². The van der Waals surface area contributed by atoms with Crippen molar-refractivity contribution in [2.24, 2.45) is 0 Å². The predicted octanol–water partition coefficient (Wildman–Crippen LogP) is 4.45. The third kappa shape index (κ3) is 4.08. The van der Waals surface area contributed by atoms with Crippen LogP contribution in [0, 0.1) is 11.6 Å². The molecule has 4 rings (SSSR count). The zero-order chi connectivity index (χ0) is 22.3. The van der Waals surface area contributed by atoms with E-state index in [-0.39, 0.29) is 33.6 Å². The molecule has 0 aliphatic heterocycles. The van der Waals surface area contributed by atoms with Gasteiger partial charge < -0.3 is 0 Å². The van der Waals surface area contributed by atoms with Gasteiger partial charge in [0.05, 0.1) is 17.0 Å². The molecule has 0 radical (unpaired) electrons. The van der Waals surface area contributed by atoms with Gasteiger partial charge in [-0.25, -0.2) is 17.2 Å². The maximum Gasteiger partial charge on any atom is 0.215 e. The van der Waals surface area contributed by atoms with Gasteiger partial charge in [0, 0.05) is 33.9 Å². The van der Waals surface area contributed by atoms with Gasteiger partial charge in [0.1, 0.15) is 17.3 Å². The van der Waals surface area contributed by atoms with Gasteiger partial charge in [-0.1, -0.05) is 35.9 Å². The number of fused-ring (bicyclic) bond motifs is 1. The summed E-state index contributed by atoms with van der Waals surface area (Å²) in [4.78, 5) is 13.1. The van der Waals surface area contributed by atoms with Crippen molar-refractivity contribution in [2.45, 2.75) is 11.4 Å². The lowest BCUT2D eigenvalue weighted by atomic mass is 10.1. The largest absolute Gasteiger partial charge is 0.287 e. The van der Waals surface area contributed by atoms with E-state index in [2.05, 4.69) is 5.10 Å². The van der Waals surface area contributed by atoms with Crippen molar-refractivity contribution in [2.75, 3.05) is 6.26 Å². The Bertz CT molecular complexity index is 1500. The number of rotatable bonds is 4. The molecule has 0 atom stereocenters. The van der Waals surface area contributed by atoms with E-state index >= 15 is 0 Å². The SMILES string of the molecule is CS(=O)(=O)c1ccccc1-c1nn(Cc2ccc(F)cc2F)c2cc(Cl)ccc2c1=O. The lowest BCUT2D eigenvalue weighted by Gasteiger charge is -2.14. The number of halogens is 3. The normalized spacial score (nSPS) is 11.7. The molecule has 0 spiro atoms. The highest BCUT2D eigenvalue weighted by molar-refractivity contribution is 7.90. The second-order valence-corrected chi connectivity index (χ2v) is 9.42. The Hall–Kier alpha value is -3.10. The van der Waals surface area contributed by atoms with Crippen molar-refractivity contribution in [3.8, 4) is 11.3 Å². The third-order valence-corrected chi connectivity index (χ3v) is 6.19. The average molecular weight is 461 g/mol. The predicted molar refractivity (Wildman–Crippen MR) is 115 cm³/mol. The molecule has 31 heavy (non-hydrogen) atoms. The molecule has 1 aromatic heterocycles. The van der Waals surface area contributed by atoms with Gasteiger partial charge in [-0.3, -0.25) is 9.48 Å². The summed E-state index contributed by atoms with van der Waals surface area (Å²) in [6.07, 6.45) is 1.04. The molecule has 0 aliphatic rings. The number of benzene rings is 3. The summed E-state index contributed by atoms with van der Waals surface area (Å²) in [6.45, 7) is -0.128. The van der Waals surface area contributed by atoms with Gasteiger partial charge in [-0.15, -0.1) is 0 Å². The van der Waals surface area contributed by atoms with E-state index < -0.39 is 26.9 Å². The third-order valence-electron chi connectivity index (χ3n) is 4.80. The van der Waals surface area contributed by atoms with Crippen LogP contribution in [-0.4, -0.2) is 24.5 Å². The maximum absolute atomic E-state index is 14.3. The number of hydrogen-bond donors (Lipinski definition) is 0. The molecule has 3 aromatic carbocycles. The Labute approximate surface area is 181 Å². The second kappa shape index (κ2) is 7.86. The Morgan fingerprint density at radius 3 is 2.48 bits per heavy atom. The van der Waals surface area contributed by atoms with Crippen LogP contribution in [0.15, 0.2) is 70.4 Å². The van der Waals surface area contributed by atoms with Crippen LogP contribution in [-0.2, 0) is 16.4 Å². The first-order chi connectivity index (χ1) is 14.6. The summed E-state index contributed by atoms with van der Waals surface area (Å²) in [5.41, 5.74) is 0.0279. The molecule has 0 saturated carbocycles. The van der Waals surface area contributed by atoms with Gasteiger partial charge in [0.15, 0.2) is 9.84 Å². The first-order valence-corrected chi connectivity index (χ1v) is 11.4. The smallest absolute Gasteiger partial charge is 0.215 e. The van der Waals surface area contributed by atoms with Crippen LogP contribution in [0.2, 0.25) is 5.02 Å². The van der Waals surface area contributed by atoms with Gasteiger partial charge in [-0.05, 0) is 30.3 Å². The van der Waals surface area contributed by atoms with Crippen LogP contribution in [0.1, 0.15) is 5.56 Å². The van der Waals surface area contributed by atoms with E-state index in [1.807, 2.05) is 0 Å². The fraction of sp³-hybridized carbons (Fsp3) is 0.0909. The Morgan fingerprint density at radius 2 is 1.77 bits per heavy atom. The molecular formula is C22H15ClF2N2O3S. The van der Waals surface area contributed by atoms with Crippen molar-refractivity contribution in [1.29, 1.82) is 0 Å². The molecule has 158 valence electrons. The van der Waals surface area contributed by atoms with E-state index in [9.17, 15) is 22.0 Å². The Balaban J connectivity index is 2.03. The first-order valence-electron chi connectivity index (χ1n) is 9.09. The molecule has 9 heteroatoms. The number of nitrogens with zero attached hydrogens (tertiary/aromatic N) is 2. The highest BCUT2D eigenvalue weighted by Gasteiger charge is 2.20. The second-order valence-electron chi connectivity index (χ2n) is 7.00. The topological polar surface area (TPSA) is 69.0 Å². The lowest BCUT2D eigenvalue weighted by molar-refractivity contribution is 0.560. The van der Waals surface area contributed by atoms with E-state index in [1.165, 1.54) is 41.1 Å². The van der Waals surface area contributed by atoms with Gasteiger partial charge in [-0.2, -0.15) is 5.10 Å². The van der Waals surface area contributed by atoms with Crippen molar-refractivity contribution in [3.05, 3.63) is 93.1 Å². The highest BCUT2D eigenvalue weighted by Crippen LogP contribution is 2.26. The van der Waals surface area contributed by atoms with Gasteiger partial charge >= 0.3 is 0 Å². The molecular weight excluding hydrogens is 446 g/mol. The minimum Gasteiger partial charge on any atom is -0.287 e. The summed E-state index contributed by atoms with van der Waals surface area (Å²) >= 11 is 6.09.